The van der Waals surface area contributed by atoms with Crippen molar-refractivity contribution in [1.29, 1.82) is 0 Å². The van der Waals surface area contributed by atoms with E-state index >= 15 is 0 Å². The maximum atomic E-state index is 10.1. The fourth-order valence-electron chi connectivity index (χ4n) is 1.31. The second kappa shape index (κ2) is 11.5. The van der Waals surface area contributed by atoms with Crippen molar-refractivity contribution in [3.8, 4) is 0 Å². The first-order valence-electron chi connectivity index (χ1n) is 5.92. The Balaban J connectivity index is 3.21. The summed E-state index contributed by atoms with van der Waals surface area (Å²) in [4.78, 5) is 20.2. The van der Waals surface area contributed by atoms with Gasteiger partial charge in [0.1, 0.15) is 0 Å². The Kier molecular flexibility index (Phi) is 10.2. The first-order valence-corrected chi connectivity index (χ1v) is 5.92. The zero-order chi connectivity index (χ0) is 13.6. The summed E-state index contributed by atoms with van der Waals surface area (Å²) in [5.74, 6) is 0. The van der Waals surface area contributed by atoms with E-state index in [1.165, 1.54) is 12.4 Å². The van der Waals surface area contributed by atoms with Gasteiger partial charge in [0.15, 0.2) is 0 Å². The molecular weight excluding hydrogens is 236 g/mol. The lowest BCUT2D eigenvalue weighted by molar-refractivity contribution is 0.197. The van der Waals surface area contributed by atoms with Gasteiger partial charge in [0.25, 0.3) is 0 Å². The van der Waals surface area contributed by atoms with Crippen molar-refractivity contribution in [1.82, 2.24) is 10.6 Å². The fraction of sp³-hybridized carbons (Fsp3) is 0.500. The van der Waals surface area contributed by atoms with Crippen LogP contribution in [0.2, 0.25) is 0 Å². The second-order valence-corrected chi connectivity index (χ2v) is 3.70. The quantitative estimate of drug-likeness (QED) is 0.477. The number of unbranched alkanes of at least 4 members (excludes halogenated alkanes) is 5. The minimum Gasteiger partial charge on any atom is -0.465 e. The number of hydrogen-bond acceptors (Lipinski definition) is 2. The normalized spacial score (nSPS) is 10.9. The molecule has 0 rings (SSSR count). The second-order valence-electron chi connectivity index (χ2n) is 3.70. The first kappa shape index (κ1) is 16.0. The molecule has 102 valence electrons. The third-order valence-corrected chi connectivity index (χ3v) is 2.14. The molecule has 4 N–H and O–H groups in total. The molecule has 0 fully saturated rings. The highest BCUT2D eigenvalue weighted by atomic mass is 16.4. The molecular formula is C12H20N2O4. The van der Waals surface area contributed by atoms with Gasteiger partial charge < -0.3 is 10.2 Å². The van der Waals surface area contributed by atoms with Crippen LogP contribution in [0.25, 0.3) is 0 Å². The Bertz CT molecular complexity index is 270. The largest absolute Gasteiger partial charge is 0.465 e. The van der Waals surface area contributed by atoms with Gasteiger partial charge in [-0.1, -0.05) is 25.0 Å². The van der Waals surface area contributed by atoms with Crippen LogP contribution in [-0.4, -0.2) is 22.4 Å². The fourth-order valence-corrected chi connectivity index (χ4v) is 1.31. The molecule has 0 unspecified atom stereocenters. The molecule has 0 aliphatic rings. The van der Waals surface area contributed by atoms with Gasteiger partial charge in [-0.3, -0.25) is 10.6 Å². The summed E-state index contributed by atoms with van der Waals surface area (Å²) in [7, 11) is 0. The van der Waals surface area contributed by atoms with E-state index in [0.29, 0.717) is 0 Å². The minimum absolute atomic E-state index is 0.858. The molecule has 0 aliphatic carbocycles. The van der Waals surface area contributed by atoms with E-state index in [9.17, 15) is 9.59 Å². The summed E-state index contributed by atoms with van der Waals surface area (Å²) in [6.07, 6.45) is 10.3. The van der Waals surface area contributed by atoms with E-state index in [1.54, 1.807) is 12.2 Å². The predicted octanol–water partition coefficient (Wildman–Crippen LogP) is 2.89. The Morgan fingerprint density at radius 3 is 1.50 bits per heavy atom. The highest BCUT2D eigenvalue weighted by molar-refractivity contribution is 5.65. The molecule has 0 radical (unpaired) electrons. The topological polar surface area (TPSA) is 98.7 Å². The summed E-state index contributed by atoms with van der Waals surface area (Å²) >= 11 is 0. The van der Waals surface area contributed by atoms with Crippen LogP contribution in [0.1, 0.15) is 38.5 Å². The molecule has 6 heteroatoms. The zero-order valence-corrected chi connectivity index (χ0v) is 10.3. The van der Waals surface area contributed by atoms with Gasteiger partial charge in [-0.2, -0.15) is 0 Å². The third kappa shape index (κ3) is 14.0. The standard InChI is InChI=1S/C12H20N2O4/c15-11(16)13-9-7-5-3-1-2-4-6-8-10-14-12(17)18/h7-10,13-14H,1-6H2,(H,15,16)(H,17,18). The van der Waals surface area contributed by atoms with Crippen molar-refractivity contribution in [2.75, 3.05) is 0 Å². The summed E-state index contributed by atoms with van der Waals surface area (Å²) in [6, 6.07) is 0. The number of nitrogens with one attached hydrogen (secondary N) is 2. The lowest BCUT2D eigenvalue weighted by Gasteiger charge is -1.97. The Labute approximate surface area is 106 Å². The van der Waals surface area contributed by atoms with Crippen LogP contribution in [0.4, 0.5) is 9.59 Å². The van der Waals surface area contributed by atoms with Crippen LogP contribution in [-0.2, 0) is 0 Å². The molecule has 0 saturated carbocycles. The highest BCUT2D eigenvalue weighted by Gasteiger charge is 1.89. The molecule has 0 aromatic rings. The zero-order valence-electron chi connectivity index (χ0n) is 10.3. The van der Waals surface area contributed by atoms with Crippen LogP contribution in [0.15, 0.2) is 24.6 Å². The molecule has 0 atom stereocenters. The van der Waals surface area contributed by atoms with Crippen molar-refractivity contribution in [3.63, 3.8) is 0 Å². The number of carbonyl (C=O) groups is 2. The number of rotatable bonds is 9. The third-order valence-electron chi connectivity index (χ3n) is 2.14. The Hall–Kier alpha value is -1.98. The Morgan fingerprint density at radius 1 is 0.778 bits per heavy atom. The SMILES string of the molecule is O=C(O)NC=CCCCCCCC=CNC(=O)O. The molecule has 0 aromatic carbocycles. The van der Waals surface area contributed by atoms with Crippen LogP contribution in [0, 0.1) is 0 Å². The van der Waals surface area contributed by atoms with Crippen LogP contribution >= 0.6 is 0 Å². The van der Waals surface area contributed by atoms with Gasteiger partial charge in [0.05, 0.1) is 0 Å². The van der Waals surface area contributed by atoms with Gasteiger partial charge in [0.2, 0.25) is 0 Å². The lowest BCUT2D eigenvalue weighted by Crippen LogP contribution is -2.12. The lowest BCUT2D eigenvalue weighted by atomic mass is 10.1. The molecule has 6 nitrogen and oxygen atoms in total. The van der Waals surface area contributed by atoms with Gasteiger partial charge in [-0.15, -0.1) is 0 Å². The van der Waals surface area contributed by atoms with Crippen molar-refractivity contribution in [2.45, 2.75) is 38.5 Å². The maximum absolute atomic E-state index is 10.1. The smallest absolute Gasteiger partial charge is 0.408 e. The van der Waals surface area contributed by atoms with Crippen LogP contribution in [0.3, 0.4) is 0 Å². The van der Waals surface area contributed by atoms with E-state index in [0.717, 1.165) is 38.5 Å². The number of amides is 2. The van der Waals surface area contributed by atoms with Crippen LogP contribution < -0.4 is 10.6 Å². The van der Waals surface area contributed by atoms with Gasteiger partial charge in [-0.05, 0) is 25.7 Å². The van der Waals surface area contributed by atoms with E-state index in [-0.39, 0.29) is 0 Å². The highest BCUT2D eigenvalue weighted by Crippen LogP contribution is 2.05. The first-order chi connectivity index (χ1) is 8.63. The summed E-state index contributed by atoms with van der Waals surface area (Å²) in [5.41, 5.74) is 0. The molecule has 0 bridgehead atoms. The monoisotopic (exact) mass is 256 g/mol. The van der Waals surface area contributed by atoms with E-state index in [2.05, 4.69) is 10.6 Å². The van der Waals surface area contributed by atoms with Gasteiger partial charge >= 0.3 is 12.2 Å². The van der Waals surface area contributed by atoms with Crippen molar-refractivity contribution >= 4 is 12.2 Å². The van der Waals surface area contributed by atoms with E-state index < -0.39 is 12.2 Å². The summed E-state index contributed by atoms with van der Waals surface area (Å²) in [6.45, 7) is 0. The van der Waals surface area contributed by atoms with Crippen LogP contribution in [0.5, 0.6) is 0 Å². The summed E-state index contributed by atoms with van der Waals surface area (Å²) in [5, 5.41) is 20.9. The molecule has 0 aliphatic heterocycles. The molecule has 2 amide bonds. The van der Waals surface area contributed by atoms with E-state index in [4.69, 9.17) is 10.2 Å². The van der Waals surface area contributed by atoms with Gasteiger partial charge in [0, 0.05) is 12.4 Å². The summed E-state index contributed by atoms with van der Waals surface area (Å²) < 4.78 is 0. The molecule has 0 heterocycles. The average Bonchev–Trinajstić information content (AvgIpc) is 2.29. The number of hydrogen-bond donors (Lipinski definition) is 4. The molecule has 0 saturated heterocycles. The predicted molar refractivity (Wildman–Crippen MR) is 68.3 cm³/mol. The molecule has 18 heavy (non-hydrogen) atoms. The van der Waals surface area contributed by atoms with Crippen molar-refractivity contribution < 1.29 is 19.8 Å². The number of carboxylic acid groups (broad SMARTS) is 2. The molecule has 0 spiro atoms. The van der Waals surface area contributed by atoms with Crippen molar-refractivity contribution in [2.24, 2.45) is 0 Å². The van der Waals surface area contributed by atoms with Crippen molar-refractivity contribution in [3.05, 3.63) is 24.6 Å². The Morgan fingerprint density at radius 2 is 1.17 bits per heavy atom. The van der Waals surface area contributed by atoms with E-state index in [1.807, 2.05) is 0 Å². The minimum atomic E-state index is -1.05. The maximum Gasteiger partial charge on any atom is 0.408 e. The number of allylic oxidation sites excluding steroid dienone is 2. The van der Waals surface area contributed by atoms with Gasteiger partial charge in [-0.25, -0.2) is 9.59 Å². The average molecular weight is 256 g/mol. The molecule has 0 aromatic heterocycles.